The Morgan fingerprint density at radius 3 is 1.59 bits per heavy atom. The van der Waals surface area contributed by atoms with Gasteiger partial charge in [0.05, 0.1) is 26.9 Å². The van der Waals surface area contributed by atoms with Gasteiger partial charge in [-0.3, -0.25) is 30.3 Å². The summed E-state index contributed by atoms with van der Waals surface area (Å²) in [7, 11) is 0. The van der Waals surface area contributed by atoms with Crippen molar-refractivity contribution in [3.63, 3.8) is 0 Å². The molecule has 1 heterocycles. The number of nitro benzene ring substituents is 3. The van der Waals surface area contributed by atoms with Crippen LogP contribution in [0.5, 0.6) is 5.75 Å². The Morgan fingerprint density at radius 1 is 0.862 bits per heavy atom. The van der Waals surface area contributed by atoms with Crippen LogP contribution in [0.25, 0.3) is 0 Å². The summed E-state index contributed by atoms with van der Waals surface area (Å²) < 4.78 is 0. The molecule has 29 heavy (non-hydrogen) atoms. The molecule has 0 aliphatic heterocycles. The van der Waals surface area contributed by atoms with E-state index >= 15 is 0 Å². The van der Waals surface area contributed by atoms with Gasteiger partial charge >= 0.3 is 11.4 Å². The van der Waals surface area contributed by atoms with Crippen LogP contribution in [0.4, 0.5) is 23.0 Å². The standard InChI is InChI=1S/C10H17N3.C6H3N3O7/c1-5-13(6-2)10-11-8(3)7-9(4)12-10;10-6-4(8(13)14)1-3(7(11)12)2-5(6)9(15)16/h7H,5-6H2,1-4H3;1-2,10H. The van der Waals surface area contributed by atoms with Crippen molar-refractivity contribution >= 4 is 23.0 Å². The third-order valence-electron chi connectivity index (χ3n) is 3.68. The van der Waals surface area contributed by atoms with E-state index in [9.17, 15) is 30.3 Å². The highest BCUT2D eigenvalue weighted by Gasteiger charge is 2.30. The van der Waals surface area contributed by atoms with Crippen LogP contribution >= 0.6 is 0 Å². The molecule has 0 unspecified atom stereocenters. The molecular weight excluding hydrogens is 388 g/mol. The highest BCUT2D eigenvalue weighted by molar-refractivity contribution is 5.64. The Labute approximate surface area is 165 Å². The van der Waals surface area contributed by atoms with Gasteiger partial charge in [0.2, 0.25) is 5.95 Å². The number of hydrogen-bond donors (Lipinski definition) is 1. The molecule has 0 saturated carbocycles. The summed E-state index contributed by atoms with van der Waals surface area (Å²) in [4.78, 5) is 38.7. The molecule has 1 aromatic carbocycles. The van der Waals surface area contributed by atoms with E-state index in [0.717, 1.165) is 30.4 Å². The van der Waals surface area contributed by atoms with E-state index in [0.29, 0.717) is 12.1 Å². The average molecular weight is 408 g/mol. The number of aromatic nitrogens is 2. The van der Waals surface area contributed by atoms with Gasteiger partial charge in [0, 0.05) is 24.5 Å². The number of nitro groups is 3. The van der Waals surface area contributed by atoms with Crippen molar-refractivity contribution in [3.05, 3.63) is 59.9 Å². The van der Waals surface area contributed by atoms with Crippen LogP contribution < -0.4 is 4.90 Å². The van der Waals surface area contributed by atoms with Crippen LogP contribution in [-0.4, -0.2) is 42.9 Å². The zero-order valence-corrected chi connectivity index (χ0v) is 16.2. The van der Waals surface area contributed by atoms with Crippen LogP contribution in [0.3, 0.4) is 0 Å². The Bertz CT molecular complexity index is 875. The second-order valence-corrected chi connectivity index (χ2v) is 5.73. The first kappa shape index (κ1) is 23.1. The molecule has 2 aromatic rings. The van der Waals surface area contributed by atoms with Gasteiger partial charge in [0.1, 0.15) is 0 Å². The Balaban J connectivity index is 0.000000296. The topological polar surface area (TPSA) is 179 Å². The maximum atomic E-state index is 10.4. The molecule has 13 heteroatoms. The summed E-state index contributed by atoms with van der Waals surface area (Å²) >= 11 is 0. The summed E-state index contributed by atoms with van der Waals surface area (Å²) in [6, 6.07) is 2.89. The van der Waals surface area contributed by atoms with Crippen molar-refractivity contribution < 1.29 is 19.9 Å². The number of phenolic OH excluding ortho intramolecular Hbond substituents is 1. The van der Waals surface area contributed by atoms with Crippen LogP contribution in [0.15, 0.2) is 18.2 Å². The van der Waals surface area contributed by atoms with E-state index in [-0.39, 0.29) is 0 Å². The summed E-state index contributed by atoms with van der Waals surface area (Å²) in [6.07, 6.45) is 0. The van der Waals surface area contributed by atoms with Gasteiger partial charge in [-0.2, -0.15) is 0 Å². The molecule has 0 spiro atoms. The van der Waals surface area contributed by atoms with Crippen molar-refractivity contribution in [1.82, 2.24) is 9.97 Å². The summed E-state index contributed by atoms with van der Waals surface area (Å²) in [5.74, 6) is -0.358. The average Bonchev–Trinajstić information content (AvgIpc) is 2.62. The van der Waals surface area contributed by atoms with Crippen molar-refractivity contribution in [1.29, 1.82) is 0 Å². The van der Waals surface area contributed by atoms with Gasteiger partial charge in [0.25, 0.3) is 11.4 Å². The van der Waals surface area contributed by atoms with Crippen molar-refractivity contribution in [2.45, 2.75) is 27.7 Å². The minimum atomic E-state index is -1.21. The summed E-state index contributed by atoms with van der Waals surface area (Å²) in [6.45, 7) is 10.2. The van der Waals surface area contributed by atoms with Crippen LogP contribution in [-0.2, 0) is 0 Å². The lowest BCUT2D eigenvalue weighted by atomic mass is 10.2. The van der Waals surface area contributed by atoms with Crippen molar-refractivity contribution in [2.24, 2.45) is 0 Å². The molecule has 2 rings (SSSR count). The molecule has 0 fully saturated rings. The van der Waals surface area contributed by atoms with Crippen molar-refractivity contribution in [2.75, 3.05) is 18.0 Å². The van der Waals surface area contributed by atoms with Gasteiger partial charge in [-0.25, -0.2) is 9.97 Å². The quantitative estimate of drug-likeness (QED) is 0.551. The molecule has 156 valence electrons. The number of aromatic hydroxyl groups is 1. The van der Waals surface area contributed by atoms with Gasteiger partial charge in [-0.05, 0) is 33.8 Å². The molecule has 0 aliphatic rings. The largest absolute Gasteiger partial charge is 0.497 e. The van der Waals surface area contributed by atoms with Gasteiger partial charge in [-0.15, -0.1) is 0 Å². The van der Waals surface area contributed by atoms with Crippen LogP contribution in [0, 0.1) is 44.2 Å². The molecule has 1 N–H and O–H groups in total. The third kappa shape index (κ3) is 6.05. The SMILES string of the molecule is CCN(CC)c1nc(C)cc(C)n1.O=[N+]([O-])c1cc([N+](=O)[O-])c(O)c([N+](=O)[O-])c1. The molecule has 0 atom stereocenters. The lowest BCUT2D eigenvalue weighted by Gasteiger charge is -2.18. The van der Waals surface area contributed by atoms with E-state index in [2.05, 4.69) is 28.7 Å². The van der Waals surface area contributed by atoms with Gasteiger partial charge in [-0.1, -0.05) is 0 Å². The molecule has 0 saturated heterocycles. The molecule has 0 radical (unpaired) electrons. The second-order valence-electron chi connectivity index (χ2n) is 5.73. The fourth-order valence-electron chi connectivity index (χ4n) is 2.33. The van der Waals surface area contributed by atoms with Crippen molar-refractivity contribution in [3.8, 4) is 5.75 Å². The minimum absolute atomic E-state index is 0.447. The first-order valence-corrected chi connectivity index (χ1v) is 8.39. The zero-order chi connectivity index (χ0) is 22.3. The maximum absolute atomic E-state index is 10.4. The summed E-state index contributed by atoms with van der Waals surface area (Å²) in [5, 5.41) is 40.2. The normalized spacial score (nSPS) is 9.93. The Kier molecular flexibility index (Phi) is 7.87. The first-order chi connectivity index (χ1) is 13.5. The van der Waals surface area contributed by atoms with E-state index in [1.807, 2.05) is 19.9 Å². The number of nitrogens with zero attached hydrogens (tertiary/aromatic N) is 6. The van der Waals surface area contributed by atoms with Crippen LogP contribution in [0.2, 0.25) is 0 Å². The molecule has 0 aliphatic carbocycles. The Hall–Kier alpha value is -3.90. The minimum Gasteiger partial charge on any atom is -0.497 e. The lowest BCUT2D eigenvalue weighted by Crippen LogP contribution is -2.24. The van der Waals surface area contributed by atoms with Gasteiger partial charge in [0.15, 0.2) is 0 Å². The summed E-state index contributed by atoms with van der Waals surface area (Å²) in [5.41, 5.74) is -0.929. The highest BCUT2D eigenvalue weighted by atomic mass is 16.6. The first-order valence-electron chi connectivity index (χ1n) is 8.39. The molecule has 0 amide bonds. The number of hydrogen-bond acceptors (Lipinski definition) is 10. The molecule has 0 bridgehead atoms. The van der Waals surface area contributed by atoms with E-state index < -0.39 is 37.6 Å². The van der Waals surface area contributed by atoms with Crippen LogP contribution in [0.1, 0.15) is 25.2 Å². The number of non-ortho nitro benzene ring substituents is 1. The van der Waals surface area contributed by atoms with E-state index in [4.69, 9.17) is 5.11 Å². The fourth-order valence-corrected chi connectivity index (χ4v) is 2.33. The Morgan fingerprint density at radius 2 is 1.28 bits per heavy atom. The molecule has 13 nitrogen and oxygen atoms in total. The maximum Gasteiger partial charge on any atom is 0.324 e. The highest BCUT2D eigenvalue weighted by Crippen LogP contribution is 2.38. The monoisotopic (exact) mass is 408 g/mol. The predicted octanol–water partition coefficient (Wildman–Crippen LogP) is 3.06. The number of anilines is 1. The van der Waals surface area contributed by atoms with E-state index in [1.165, 1.54) is 0 Å². The van der Waals surface area contributed by atoms with E-state index in [1.54, 1.807) is 0 Å². The second kappa shape index (κ2) is 9.87. The number of benzene rings is 1. The number of phenols is 1. The van der Waals surface area contributed by atoms with Gasteiger partial charge < -0.3 is 10.0 Å². The third-order valence-corrected chi connectivity index (χ3v) is 3.68. The predicted molar refractivity (Wildman–Crippen MR) is 103 cm³/mol. The zero-order valence-electron chi connectivity index (χ0n) is 16.2. The smallest absolute Gasteiger partial charge is 0.324 e. The number of aryl methyl sites for hydroxylation is 2. The number of rotatable bonds is 6. The fraction of sp³-hybridized carbons (Fsp3) is 0.375. The lowest BCUT2D eigenvalue weighted by molar-refractivity contribution is -0.404. The molecular formula is C16H20N6O7. The molecule has 1 aromatic heterocycles.